The highest BCUT2D eigenvalue weighted by Gasteiger charge is 2.41. The van der Waals surface area contributed by atoms with E-state index in [1.807, 2.05) is 12.1 Å². The number of quaternary nitrogens is 2. The SMILES string of the molecule is COc1cc(C[C@@H]2c3cc(C)c(C)cc3CC[N@+]2(C)CCC(=O)OCCCCCOC(=O)CC[N@@+]2(C)CCc3cc(OC)c(OC)cc3[C@H]2Cc2ccc(OC)c(OC)c2)ccc1C. The van der Waals surface area contributed by atoms with Crippen LogP contribution in [0.2, 0.25) is 0 Å². The summed E-state index contributed by atoms with van der Waals surface area (Å²) in [6, 6.07) is 21.7. The quantitative estimate of drug-likeness (QED) is 0.0462. The third-order valence-corrected chi connectivity index (χ3v) is 14.2. The van der Waals surface area contributed by atoms with E-state index in [2.05, 4.69) is 83.4 Å². The Kier molecular flexibility index (Phi) is 16.3. The highest BCUT2D eigenvalue weighted by molar-refractivity contribution is 5.69. The number of benzene rings is 4. The third kappa shape index (κ3) is 11.3. The monoisotopic (exact) mass is 881 g/mol. The fraction of sp³-hybridized carbons (Fsp3) is 0.509. The molecular formula is C53H72N2O9+2. The maximum absolute atomic E-state index is 13.2. The number of fused-ring (bicyclic) bond motifs is 2. The Hall–Kier alpha value is -5.26. The van der Waals surface area contributed by atoms with Gasteiger partial charge in [0.2, 0.25) is 0 Å². The van der Waals surface area contributed by atoms with E-state index in [1.165, 1.54) is 38.9 Å². The van der Waals surface area contributed by atoms with Gasteiger partial charge in [-0.1, -0.05) is 24.3 Å². The standard InChI is InChI=1S/C53H72N2O9/c1-36-14-15-39(32-48(36)59-7)30-45-43-29-38(3)37(2)28-41(43)18-22-54(45,4)24-20-52(56)63-26-12-11-13-27-64-53(57)21-25-55(5)23-19-42-34-50(61-9)51(62-10)35-44(42)46(55)31-40-16-17-47(58-6)49(33-40)60-8/h14-17,28-29,32-35,45-46H,11-13,18-27,30-31H2,1-10H3/q+2/t45-,46-,54-,55-/m1/s1. The molecule has 2 aliphatic rings. The molecule has 0 N–H and O–H groups in total. The van der Waals surface area contributed by atoms with E-state index >= 15 is 0 Å². The number of likely N-dealkylation sites (N-methyl/N-ethyl adjacent to an activating group) is 2. The minimum atomic E-state index is -0.198. The molecule has 346 valence electrons. The fourth-order valence-electron chi connectivity index (χ4n) is 9.86. The predicted octanol–water partition coefficient (Wildman–Crippen LogP) is 8.96. The number of esters is 2. The molecule has 0 radical (unpaired) electrons. The highest BCUT2D eigenvalue weighted by Crippen LogP contribution is 2.44. The van der Waals surface area contributed by atoms with Crippen LogP contribution in [0.1, 0.15) is 94.3 Å². The smallest absolute Gasteiger partial charge is 0.311 e. The second kappa shape index (κ2) is 21.6. The lowest BCUT2D eigenvalue weighted by molar-refractivity contribution is -0.940. The van der Waals surface area contributed by atoms with Crippen LogP contribution in [-0.4, -0.2) is 110 Å². The number of nitrogens with zero attached hydrogens (tertiary/aromatic N) is 2. The van der Waals surface area contributed by atoms with Gasteiger partial charge in [-0.25, -0.2) is 0 Å². The second-order valence-electron chi connectivity index (χ2n) is 18.3. The summed E-state index contributed by atoms with van der Waals surface area (Å²) >= 11 is 0. The molecule has 64 heavy (non-hydrogen) atoms. The van der Waals surface area contributed by atoms with Gasteiger partial charge in [0.1, 0.15) is 17.8 Å². The molecule has 0 amide bonds. The molecule has 0 aromatic heterocycles. The zero-order chi connectivity index (χ0) is 46.0. The topological polar surface area (TPSA) is 98.8 Å². The maximum atomic E-state index is 13.2. The zero-order valence-corrected chi connectivity index (χ0v) is 40.1. The first-order valence-corrected chi connectivity index (χ1v) is 22.9. The van der Waals surface area contributed by atoms with Crippen molar-refractivity contribution in [3.8, 4) is 28.7 Å². The minimum absolute atomic E-state index is 0.0525. The van der Waals surface area contributed by atoms with Crippen LogP contribution in [0.5, 0.6) is 28.7 Å². The van der Waals surface area contributed by atoms with Crippen LogP contribution in [0.25, 0.3) is 0 Å². The van der Waals surface area contributed by atoms with Crippen molar-refractivity contribution < 1.29 is 51.7 Å². The summed E-state index contributed by atoms with van der Waals surface area (Å²) in [7, 11) is 12.9. The lowest BCUT2D eigenvalue weighted by atomic mass is 9.84. The molecule has 6 rings (SSSR count). The molecule has 11 nitrogen and oxygen atoms in total. The first-order valence-electron chi connectivity index (χ1n) is 22.9. The van der Waals surface area contributed by atoms with E-state index in [9.17, 15) is 9.59 Å². The number of carbonyl (C=O) groups excluding carboxylic acids is 2. The first kappa shape index (κ1) is 48.2. The molecule has 4 aromatic carbocycles. The van der Waals surface area contributed by atoms with Gasteiger partial charge in [-0.2, -0.15) is 0 Å². The molecule has 0 spiro atoms. The molecule has 0 saturated carbocycles. The van der Waals surface area contributed by atoms with Crippen molar-refractivity contribution in [2.75, 3.05) is 89.0 Å². The molecule has 4 atom stereocenters. The van der Waals surface area contributed by atoms with Crippen LogP contribution >= 0.6 is 0 Å². The van der Waals surface area contributed by atoms with Gasteiger partial charge in [0.15, 0.2) is 23.0 Å². The van der Waals surface area contributed by atoms with Gasteiger partial charge in [-0.3, -0.25) is 9.59 Å². The zero-order valence-electron chi connectivity index (χ0n) is 40.1. The Labute approximate surface area is 381 Å². The van der Waals surface area contributed by atoms with E-state index in [-0.39, 0.29) is 24.0 Å². The van der Waals surface area contributed by atoms with Gasteiger partial charge < -0.3 is 42.1 Å². The van der Waals surface area contributed by atoms with Gasteiger partial charge in [0.25, 0.3) is 0 Å². The molecule has 11 heteroatoms. The summed E-state index contributed by atoms with van der Waals surface area (Å²) in [6.45, 7) is 10.3. The van der Waals surface area contributed by atoms with Gasteiger partial charge in [0, 0.05) is 36.8 Å². The Balaban J connectivity index is 0.972. The van der Waals surface area contributed by atoms with Crippen molar-refractivity contribution in [1.82, 2.24) is 0 Å². The Morgan fingerprint density at radius 3 is 1.52 bits per heavy atom. The van der Waals surface area contributed by atoms with Crippen molar-refractivity contribution in [2.45, 2.75) is 90.6 Å². The lowest BCUT2D eigenvalue weighted by Crippen LogP contribution is -2.53. The number of carbonyl (C=O) groups is 2. The van der Waals surface area contributed by atoms with Crippen LogP contribution < -0.4 is 23.7 Å². The van der Waals surface area contributed by atoms with E-state index < -0.39 is 0 Å². The molecule has 0 saturated heterocycles. The van der Waals surface area contributed by atoms with E-state index in [0.717, 1.165) is 73.0 Å². The van der Waals surface area contributed by atoms with Crippen LogP contribution in [-0.2, 0) is 44.7 Å². The summed E-state index contributed by atoms with van der Waals surface area (Å²) in [6.07, 6.45) is 6.34. The van der Waals surface area contributed by atoms with E-state index in [1.54, 1.807) is 35.5 Å². The van der Waals surface area contributed by atoms with Crippen molar-refractivity contribution in [1.29, 1.82) is 0 Å². The maximum Gasteiger partial charge on any atom is 0.311 e. The highest BCUT2D eigenvalue weighted by atomic mass is 16.5. The third-order valence-electron chi connectivity index (χ3n) is 14.2. The number of hydrogen-bond donors (Lipinski definition) is 0. The Bertz CT molecular complexity index is 2260. The normalized spacial score (nSPS) is 20.1. The first-order chi connectivity index (χ1) is 30.7. The van der Waals surface area contributed by atoms with Crippen LogP contribution in [0.15, 0.2) is 60.7 Å². The fourth-order valence-corrected chi connectivity index (χ4v) is 9.86. The van der Waals surface area contributed by atoms with Crippen LogP contribution in [0.4, 0.5) is 0 Å². The number of aryl methyl sites for hydroxylation is 3. The predicted molar refractivity (Wildman–Crippen MR) is 250 cm³/mol. The number of rotatable bonds is 21. The van der Waals surface area contributed by atoms with E-state index in [4.69, 9.17) is 33.2 Å². The molecule has 4 aromatic rings. The summed E-state index contributed by atoms with van der Waals surface area (Å²) in [5.41, 5.74) is 11.3. The van der Waals surface area contributed by atoms with E-state index in [0.29, 0.717) is 73.0 Å². The summed E-state index contributed by atoms with van der Waals surface area (Å²) in [4.78, 5) is 26.3. The largest absolute Gasteiger partial charge is 0.496 e. The minimum Gasteiger partial charge on any atom is -0.496 e. The molecule has 0 fully saturated rings. The second-order valence-corrected chi connectivity index (χ2v) is 18.3. The van der Waals surface area contributed by atoms with Crippen LogP contribution in [0, 0.1) is 20.8 Å². The average molecular weight is 881 g/mol. The number of methoxy groups -OCH3 is 5. The lowest BCUT2D eigenvalue weighted by Gasteiger charge is -2.46. The van der Waals surface area contributed by atoms with Crippen molar-refractivity contribution >= 4 is 11.9 Å². The Morgan fingerprint density at radius 1 is 0.516 bits per heavy atom. The van der Waals surface area contributed by atoms with Gasteiger partial charge in [0.05, 0.1) is 102 Å². The average Bonchev–Trinajstić information content (AvgIpc) is 3.30. The van der Waals surface area contributed by atoms with Crippen molar-refractivity contribution in [2.24, 2.45) is 0 Å². The summed E-state index contributed by atoms with van der Waals surface area (Å²) < 4.78 is 41.1. The molecule has 0 aliphatic carbocycles. The molecule has 2 aliphatic heterocycles. The summed E-state index contributed by atoms with van der Waals surface area (Å²) in [5, 5.41) is 0. The Morgan fingerprint density at radius 2 is 0.969 bits per heavy atom. The van der Waals surface area contributed by atoms with Gasteiger partial charge in [-0.05, 0) is 115 Å². The van der Waals surface area contributed by atoms with Crippen LogP contribution in [0.3, 0.4) is 0 Å². The number of hydrogen-bond acceptors (Lipinski definition) is 9. The number of unbranched alkanes of at least 4 members (excludes halogenated alkanes) is 2. The van der Waals surface area contributed by atoms with Crippen molar-refractivity contribution in [3.63, 3.8) is 0 Å². The summed E-state index contributed by atoms with van der Waals surface area (Å²) in [5.74, 6) is 3.32. The van der Waals surface area contributed by atoms with Crippen molar-refractivity contribution in [3.05, 3.63) is 111 Å². The molecular weight excluding hydrogens is 809 g/mol. The molecule has 2 heterocycles. The molecule has 0 unspecified atom stereocenters. The van der Waals surface area contributed by atoms with Gasteiger partial charge >= 0.3 is 11.9 Å². The number of ether oxygens (including phenoxy) is 7. The van der Waals surface area contributed by atoms with Gasteiger partial charge in [-0.15, -0.1) is 0 Å². The molecule has 0 bridgehead atoms.